The van der Waals surface area contributed by atoms with Gasteiger partial charge < -0.3 is 0 Å². The molecule has 1 aromatic rings. The van der Waals surface area contributed by atoms with Gasteiger partial charge >= 0.3 is 0 Å². The molecule has 2 atom stereocenters. The van der Waals surface area contributed by atoms with E-state index in [1.165, 1.54) is 0 Å². The van der Waals surface area contributed by atoms with Crippen LogP contribution in [0.3, 0.4) is 0 Å². The molecule has 4 heteroatoms. The maximum Gasteiger partial charge on any atom is 0.138 e. The third-order valence-corrected chi connectivity index (χ3v) is 3.82. The Hall–Kier alpha value is -1.37. The molecule has 0 spiro atoms. The second kappa shape index (κ2) is 5.09. The third kappa shape index (κ3) is 2.72. The van der Waals surface area contributed by atoms with Gasteiger partial charge in [-0.3, -0.25) is 0 Å². The largest absolute Gasteiger partial charge is 0.250 e. The van der Waals surface area contributed by atoms with Crippen LogP contribution in [0.1, 0.15) is 45.9 Å². The molecule has 18 heavy (non-hydrogen) atoms. The van der Waals surface area contributed by atoms with Crippen molar-refractivity contribution in [3.05, 3.63) is 12.2 Å². The number of nitriles is 1. The molecule has 2 unspecified atom stereocenters. The molecule has 1 heterocycles. The normalized spacial score (nSPS) is 27.6. The number of rotatable bonds is 4. The van der Waals surface area contributed by atoms with Crippen molar-refractivity contribution in [3.63, 3.8) is 0 Å². The first-order valence-electron chi connectivity index (χ1n) is 6.82. The topological polar surface area (TPSA) is 54.5 Å². The number of hydrogen-bond acceptors (Lipinski definition) is 3. The average molecular weight is 246 g/mol. The van der Waals surface area contributed by atoms with Crippen LogP contribution < -0.4 is 0 Å². The Morgan fingerprint density at radius 3 is 2.94 bits per heavy atom. The Morgan fingerprint density at radius 1 is 1.61 bits per heavy atom. The molecule has 0 N–H and O–H groups in total. The maximum absolute atomic E-state index is 9.50. The van der Waals surface area contributed by atoms with Gasteiger partial charge in [-0.25, -0.2) is 9.67 Å². The Kier molecular flexibility index (Phi) is 3.70. The lowest BCUT2D eigenvalue weighted by molar-refractivity contribution is 0.363. The van der Waals surface area contributed by atoms with Gasteiger partial charge in [0, 0.05) is 13.0 Å². The number of aromatic nitrogens is 3. The highest BCUT2D eigenvalue weighted by Gasteiger charge is 2.39. The van der Waals surface area contributed by atoms with Crippen LogP contribution in [0.2, 0.25) is 0 Å². The highest BCUT2D eigenvalue weighted by Crippen LogP contribution is 2.43. The van der Waals surface area contributed by atoms with E-state index in [0.717, 1.165) is 38.1 Å². The van der Waals surface area contributed by atoms with Gasteiger partial charge in [0.1, 0.15) is 12.2 Å². The SMILES string of the molecule is CC(C)Cn1ncnc1CC1(C#N)CCC(C)C1. The smallest absolute Gasteiger partial charge is 0.138 e. The molecule has 98 valence electrons. The van der Waals surface area contributed by atoms with Gasteiger partial charge in [0.2, 0.25) is 0 Å². The van der Waals surface area contributed by atoms with E-state index in [0.29, 0.717) is 11.8 Å². The van der Waals surface area contributed by atoms with Gasteiger partial charge in [-0.2, -0.15) is 10.4 Å². The molecule has 0 radical (unpaired) electrons. The van der Waals surface area contributed by atoms with Crippen LogP contribution in [-0.4, -0.2) is 14.8 Å². The van der Waals surface area contributed by atoms with E-state index in [4.69, 9.17) is 0 Å². The van der Waals surface area contributed by atoms with Gasteiger partial charge in [-0.05, 0) is 31.1 Å². The first-order chi connectivity index (χ1) is 8.54. The molecule has 1 aliphatic carbocycles. The molecule has 0 aromatic carbocycles. The lowest BCUT2D eigenvalue weighted by atomic mass is 9.83. The molecule has 1 saturated carbocycles. The van der Waals surface area contributed by atoms with Crippen molar-refractivity contribution in [1.29, 1.82) is 5.26 Å². The van der Waals surface area contributed by atoms with Crippen molar-refractivity contribution in [2.45, 2.75) is 53.0 Å². The van der Waals surface area contributed by atoms with Crippen molar-refractivity contribution in [1.82, 2.24) is 14.8 Å². The monoisotopic (exact) mass is 246 g/mol. The summed E-state index contributed by atoms with van der Waals surface area (Å²) in [6, 6.07) is 2.55. The highest BCUT2D eigenvalue weighted by molar-refractivity contribution is 5.09. The molecule has 0 aliphatic heterocycles. The predicted octanol–water partition coefficient (Wildman–Crippen LogP) is 2.81. The highest BCUT2D eigenvalue weighted by atomic mass is 15.3. The van der Waals surface area contributed by atoms with Gasteiger partial charge in [-0.1, -0.05) is 20.8 Å². The van der Waals surface area contributed by atoms with Crippen LogP contribution in [0, 0.1) is 28.6 Å². The summed E-state index contributed by atoms with van der Waals surface area (Å²) in [6.45, 7) is 7.46. The molecule has 1 aliphatic rings. The zero-order valence-corrected chi connectivity index (χ0v) is 11.6. The second-order valence-corrected chi connectivity index (χ2v) is 6.17. The number of nitrogens with zero attached hydrogens (tertiary/aromatic N) is 4. The van der Waals surface area contributed by atoms with Crippen LogP contribution in [-0.2, 0) is 13.0 Å². The van der Waals surface area contributed by atoms with Crippen LogP contribution in [0.15, 0.2) is 6.33 Å². The lowest BCUT2D eigenvalue weighted by Crippen LogP contribution is -2.22. The van der Waals surface area contributed by atoms with Crippen molar-refractivity contribution in [3.8, 4) is 6.07 Å². The van der Waals surface area contributed by atoms with E-state index in [9.17, 15) is 5.26 Å². The minimum absolute atomic E-state index is 0.207. The van der Waals surface area contributed by atoms with E-state index in [2.05, 4.69) is 36.9 Å². The Bertz CT molecular complexity index is 443. The molecule has 2 rings (SSSR count). The van der Waals surface area contributed by atoms with Gasteiger partial charge in [-0.15, -0.1) is 0 Å². The summed E-state index contributed by atoms with van der Waals surface area (Å²) in [7, 11) is 0. The quantitative estimate of drug-likeness (QED) is 0.820. The van der Waals surface area contributed by atoms with Crippen molar-refractivity contribution in [2.75, 3.05) is 0 Å². The predicted molar refractivity (Wildman–Crippen MR) is 69.6 cm³/mol. The van der Waals surface area contributed by atoms with E-state index in [1.807, 2.05) is 4.68 Å². The maximum atomic E-state index is 9.50. The average Bonchev–Trinajstić information content (AvgIpc) is 2.87. The summed E-state index contributed by atoms with van der Waals surface area (Å²) >= 11 is 0. The van der Waals surface area contributed by atoms with Crippen LogP contribution in [0.4, 0.5) is 0 Å². The molecule has 0 amide bonds. The first kappa shape index (κ1) is 13.1. The van der Waals surface area contributed by atoms with Crippen molar-refractivity contribution in [2.24, 2.45) is 17.3 Å². The zero-order chi connectivity index (χ0) is 13.2. The number of hydrogen-bond donors (Lipinski definition) is 0. The van der Waals surface area contributed by atoms with Crippen LogP contribution in [0.5, 0.6) is 0 Å². The van der Waals surface area contributed by atoms with Gasteiger partial charge in [0.25, 0.3) is 0 Å². The minimum atomic E-state index is -0.207. The summed E-state index contributed by atoms with van der Waals surface area (Å²) in [5.41, 5.74) is -0.207. The third-order valence-electron chi connectivity index (χ3n) is 3.82. The molecular weight excluding hydrogens is 224 g/mol. The van der Waals surface area contributed by atoms with Crippen LogP contribution >= 0.6 is 0 Å². The van der Waals surface area contributed by atoms with E-state index in [1.54, 1.807) is 6.33 Å². The fraction of sp³-hybridized carbons (Fsp3) is 0.786. The zero-order valence-electron chi connectivity index (χ0n) is 11.6. The Labute approximate surface area is 109 Å². The van der Waals surface area contributed by atoms with E-state index in [-0.39, 0.29) is 5.41 Å². The Balaban J connectivity index is 2.14. The summed E-state index contributed by atoms with van der Waals surface area (Å²) in [6.07, 6.45) is 5.52. The standard InChI is InChI=1S/C14H22N4/c1-11(2)8-18-13(16-10-17-18)7-14(9-15)5-4-12(3)6-14/h10-12H,4-8H2,1-3H3. The summed E-state index contributed by atoms with van der Waals surface area (Å²) in [5.74, 6) is 2.18. The molecule has 0 bridgehead atoms. The van der Waals surface area contributed by atoms with E-state index >= 15 is 0 Å². The molecule has 0 saturated heterocycles. The summed E-state index contributed by atoms with van der Waals surface area (Å²) in [4.78, 5) is 4.35. The van der Waals surface area contributed by atoms with Crippen LogP contribution in [0.25, 0.3) is 0 Å². The second-order valence-electron chi connectivity index (χ2n) is 6.17. The summed E-state index contributed by atoms with van der Waals surface area (Å²) < 4.78 is 1.97. The van der Waals surface area contributed by atoms with Crippen molar-refractivity contribution < 1.29 is 0 Å². The minimum Gasteiger partial charge on any atom is -0.250 e. The fourth-order valence-electron chi connectivity index (χ4n) is 2.92. The lowest BCUT2D eigenvalue weighted by Gasteiger charge is -2.20. The molecule has 1 aromatic heterocycles. The fourth-order valence-corrected chi connectivity index (χ4v) is 2.92. The van der Waals surface area contributed by atoms with Gasteiger partial charge in [0.05, 0.1) is 11.5 Å². The first-order valence-corrected chi connectivity index (χ1v) is 6.82. The van der Waals surface area contributed by atoms with E-state index < -0.39 is 0 Å². The van der Waals surface area contributed by atoms with Gasteiger partial charge in [0.15, 0.2) is 0 Å². The molecule has 4 nitrogen and oxygen atoms in total. The summed E-state index contributed by atoms with van der Waals surface area (Å²) in [5, 5.41) is 13.8. The Morgan fingerprint density at radius 2 is 2.39 bits per heavy atom. The van der Waals surface area contributed by atoms with Crippen molar-refractivity contribution >= 4 is 0 Å². The molecule has 1 fully saturated rings. The molecular formula is C14H22N4.